The Morgan fingerprint density at radius 1 is 0.444 bits per heavy atom. The van der Waals surface area contributed by atoms with Gasteiger partial charge in [-0.2, -0.15) is 0 Å². The van der Waals surface area contributed by atoms with E-state index < -0.39 is 12.1 Å². The van der Waals surface area contributed by atoms with Gasteiger partial charge in [-0.1, -0.05) is 249 Å². The molecule has 0 aliphatic carbocycles. The van der Waals surface area contributed by atoms with Gasteiger partial charge in [0.1, 0.15) is 0 Å². The summed E-state index contributed by atoms with van der Waals surface area (Å²) in [4.78, 5) is 24.4. The first-order valence-corrected chi connectivity index (χ1v) is 27.8. The van der Waals surface area contributed by atoms with Crippen molar-refractivity contribution >= 4 is 11.9 Å². The highest BCUT2D eigenvalue weighted by molar-refractivity contribution is 5.76. The summed E-state index contributed by atoms with van der Waals surface area (Å²) in [6.45, 7) is 4.86. The zero-order valence-corrected chi connectivity index (χ0v) is 42.1. The molecule has 0 aliphatic rings. The number of ether oxygens (including phenoxy) is 1. The van der Waals surface area contributed by atoms with E-state index in [9.17, 15) is 19.8 Å². The maximum atomic E-state index is 12.4. The van der Waals surface area contributed by atoms with Crippen LogP contribution in [0.4, 0.5) is 0 Å². The van der Waals surface area contributed by atoms with Gasteiger partial charge in [-0.25, -0.2) is 0 Å². The highest BCUT2D eigenvalue weighted by atomic mass is 16.5. The third-order valence-electron chi connectivity index (χ3n) is 12.7. The lowest BCUT2D eigenvalue weighted by Gasteiger charge is -2.20. The molecular formula is C57H107NO5. The zero-order valence-electron chi connectivity index (χ0n) is 42.1. The first-order chi connectivity index (χ1) is 31.0. The van der Waals surface area contributed by atoms with E-state index in [1.54, 1.807) is 6.08 Å². The molecule has 0 aliphatic heterocycles. The Bertz CT molecular complexity index is 1020. The van der Waals surface area contributed by atoms with Crippen molar-refractivity contribution in [1.29, 1.82) is 0 Å². The zero-order chi connectivity index (χ0) is 45.8. The average Bonchev–Trinajstić information content (AvgIpc) is 3.28. The number of hydrogen-bond acceptors (Lipinski definition) is 5. The van der Waals surface area contributed by atoms with E-state index in [1.807, 2.05) is 6.08 Å². The van der Waals surface area contributed by atoms with Gasteiger partial charge in [0.2, 0.25) is 5.91 Å². The van der Waals surface area contributed by atoms with Crippen molar-refractivity contribution < 1.29 is 24.5 Å². The summed E-state index contributed by atoms with van der Waals surface area (Å²) in [5.74, 6) is -0.0920. The maximum absolute atomic E-state index is 12.4. The highest BCUT2D eigenvalue weighted by Crippen LogP contribution is 2.16. The summed E-state index contributed by atoms with van der Waals surface area (Å²) >= 11 is 0. The molecule has 6 heteroatoms. The van der Waals surface area contributed by atoms with Crippen molar-refractivity contribution in [3.63, 3.8) is 0 Å². The normalized spacial score (nSPS) is 12.9. The molecule has 0 saturated heterocycles. The number of esters is 1. The molecule has 3 N–H and O–H groups in total. The first-order valence-electron chi connectivity index (χ1n) is 27.8. The second-order valence-corrected chi connectivity index (χ2v) is 18.9. The van der Waals surface area contributed by atoms with Crippen LogP contribution in [0.2, 0.25) is 0 Å². The lowest BCUT2D eigenvalue weighted by atomic mass is 10.0. The third kappa shape index (κ3) is 49.4. The third-order valence-corrected chi connectivity index (χ3v) is 12.7. The number of nitrogens with one attached hydrogen (secondary N) is 1. The molecule has 2 atom stereocenters. The minimum atomic E-state index is -0.851. The average molecular weight is 886 g/mol. The predicted molar refractivity (Wildman–Crippen MR) is 273 cm³/mol. The summed E-state index contributed by atoms with van der Waals surface area (Å²) in [5, 5.41) is 23.1. The number of carbonyl (C=O) groups is 2. The van der Waals surface area contributed by atoms with Crippen molar-refractivity contribution in [1.82, 2.24) is 5.32 Å². The standard InChI is InChI=1S/C57H107NO5/c1-3-5-7-9-11-13-15-16-17-23-26-30-33-37-41-45-49-55(60)54(53-59)58-56(61)50-46-42-38-34-31-27-24-21-19-18-20-22-25-28-32-36-40-44-48-52-63-57(62)51-47-43-39-35-29-14-12-10-8-6-4-2/h22,25,28,32,45,49,54-55,59-60H,3-21,23-24,26-27,29-31,33-44,46-48,50-53H2,1-2H3,(H,58,61)/b25-22-,32-28-,49-45+. The Labute approximate surface area is 392 Å². The molecule has 2 unspecified atom stereocenters. The quantitative estimate of drug-likeness (QED) is 0.0245. The van der Waals surface area contributed by atoms with Gasteiger partial charge in [-0.15, -0.1) is 0 Å². The van der Waals surface area contributed by atoms with Gasteiger partial charge in [-0.05, 0) is 64.2 Å². The second-order valence-electron chi connectivity index (χ2n) is 18.9. The van der Waals surface area contributed by atoms with Gasteiger partial charge >= 0.3 is 5.97 Å². The van der Waals surface area contributed by atoms with Crippen LogP contribution in [0.25, 0.3) is 0 Å². The summed E-state index contributed by atoms with van der Waals surface area (Å²) in [7, 11) is 0. The Kier molecular flexibility index (Phi) is 51.1. The van der Waals surface area contributed by atoms with Gasteiger partial charge < -0.3 is 20.3 Å². The summed E-state index contributed by atoms with van der Waals surface area (Å²) in [6, 6.07) is -0.635. The van der Waals surface area contributed by atoms with E-state index >= 15 is 0 Å². The number of aliphatic hydroxyl groups is 2. The van der Waals surface area contributed by atoms with Crippen LogP contribution in [0, 0.1) is 0 Å². The first kappa shape index (κ1) is 61.1. The lowest BCUT2D eigenvalue weighted by molar-refractivity contribution is -0.143. The monoisotopic (exact) mass is 886 g/mol. The molecule has 1 amide bonds. The van der Waals surface area contributed by atoms with E-state index in [0.29, 0.717) is 19.4 Å². The van der Waals surface area contributed by atoms with Crippen molar-refractivity contribution in [2.24, 2.45) is 0 Å². The van der Waals surface area contributed by atoms with Crippen molar-refractivity contribution in [3.8, 4) is 0 Å². The van der Waals surface area contributed by atoms with Crippen LogP contribution >= 0.6 is 0 Å². The topological polar surface area (TPSA) is 95.9 Å². The fourth-order valence-electron chi connectivity index (χ4n) is 8.39. The smallest absolute Gasteiger partial charge is 0.305 e. The Morgan fingerprint density at radius 2 is 0.778 bits per heavy atom. The predicted octanol–water partition coefficient (Wildman–Crippen LogP) is 16.9. The molecule has 0 rings (SSSR count). The molecule has 6 nitrogen and oxygen atoms in total. The van der Waals surface area contributed by atoms with Crippen LogP contribution in [-0.4, -0.2) is 47.4 Å². The molecule has 0 fully saturated rings. The van der Waals surface area contributed by atoms with Crippen LogP contribution in [-0.2, 0) is 14.3 Å². The lowest BCUT2D eigenvalue weighted by Crippen LogP contribution is -2.45. The van der Waals surface area contributed by atoms with Gasteiger partial charge in [0, 0.05) is 12.8 Å². The van der Waals surface area contributed by atoms with Crippen molar-refractivity contribution in [2.45, 2.75) is 302 Å². The van der Waals surface area contributed by atoms with Crippen molar-refractivity contribution in [2.75, 3.05) is 13.2 Å². The van der Waals surface area contributed by atoms with E-state index in [2.05, 4.69) is 43.5 Å². The number of amides is 1. The van der Waals surface area contributed by atoms with Gasteiger partial charge in [0.25, 0.3) is 0 Å². The minimum absolute atomic E-state index is 0.0148. The Morgan fingerprint density at radius 3 is 1.17 bits per heavy atom. The molecule has 0 saturated carbocycles. The SMILES string of the molecule is CCCCCCCCCCCCCCCC/C=C/C(O)C(CO)NC(=O)CCCCCCCCCCCC/C=C\C=C/CCCCCOC(=O)CCCCCCCCCCCCC. The number of unbranched alkanes of at least 4 members (excludes halogenated alkanes) is 37. The summed E-state index contributed by atoms with van der Waals surface area (Å²) < 4.78 is 5.43. The minimum Gasteiger partial charge on any atom is -0.466 e. The maximum Gasteiger partial charge on any atom is 0.305 e. The van der Waals surface area contributed by atoms with E-state index in [4.69, 9.17) is 4.74 Å². The van der Waals surface area contributed by atoms with Crippen LogP contribution in [0.5, 0.6) is 0 Å². The van der Waals surface area contributed by atoms with Crippen molar-refractivity contribution in [3.05, 3.63) is 36.5 Å². The molecule has 370 valence electrons. The second kappa shape index (κ2) is 52.7. The molecule has 0 aromatic rings. The summed E-state index contributed by atoms with van der Waals surface area (Å²) in [5.41, 5.74) is 0. The van der Waals surface area contributed by atoms with Crippen LogP contribution in [0.1, 0.15) is 290 Å². The fraction of sp³-hybridized carbons (Fsp3) is 0.860. The highest BCUT2D eigenvalue weighted by Gasteiger charge is 2.18. The Balaban J connectivity index is 3.52. The van der Waals surface area contributed by atoms with Gasteiger partial charge in [-0.3, -0.25) is 9.59 Å². The molecule has 0 heterocycles. The van der Waals surface area contributed by atoms with Crippen LogP contribution < -0.4 is 5.32 Å². The van der Waals surface area contributed by atoms with Crippen LogP contribution in [0.15, 0.2) is 36.5 Å². The van der Waals surface area contributed by atoms with E-state index in [1.165, 1.54) is 186 Å². The molecular weight excluding hydrogens is 779 g/mol. The summed E-state index contributed by atoms with van der Waals surface area (Å²) in [6.07, 6.45) is 64.4. The van der Waals surface area contributed by atoms with Gasteiger partial charge in [0.05, 0.1) is 25.4 Å². The number of aliphatic hydroxyl groups excluding tert-OH is 2. The number of allylic oxidation sites excluding steroid dienone is 5. The van der Waals surface area contributed by atoms with Crippen LogP contribution in [0.3, 0.4) is 0 Å². The fourth-order valence-corrected chi connectivity index (χ4v) is 8.39. The number of hydrogen-bond donors (Lipinski definition) is 3. The number of rotatable bonds is 51. The molecule has 0 spiro atoms. The Hall–Kier alpha value is -1.92. The molecule has 0 aromatic carbocycles. The number of carbonyl (C=O) groups excluding carboxylic acids is 2. The molecule has 63 heavy (non-hydrogen) atoms. The van der Waals surface area contributed by atoms with E-state index in [-0.39, 0.29) is 18.5 Å². The molecule has 0 aromatic heterocycles. The molecule has 0 bridgehead atoms. The largest absolute Gasteiger partial charge is 0.466 e. The molecule has 0 radical (unpaired) electrons. The van der Waals surface area contributed by atoms with Gasteiger partial charge in [0.15, 0.2) is 0 Å². The van der Waals surface area contributed by atoms with E-state index in [0.717, 1.165) is 77.0 Å².